The van der Waals surface area contributed by atoms with Crippen LogP contribution in [0.25, 0.3) is 0 Å². The van der Waals surface area contributed by atoms with Gasteiger partial charge in [-0.1, -0.05) is 42.0 Å². The molecule has 140 valence electrons. The lowest BCUT2D eigenvalue weighted by molar-refractivity contribution is 0.445. The van der Waals surface area contributed by atoms with Gasteiger partial charge < -0.3 is 0 Å². The Morgan fingerprint density at radius 3 is 1.70 bits per heavy atom. The van der Waals surface area contributed by atoms with Gasteiger partial charge in [-0.3, -0.25) is 0 Å². The first-order valence-corrected chi connectivity index (χ1v) is 8.88. The number of aryl methyl sites for hydroxylation is 5. The maximum atomic E-state index is 14.3. The van der Waals surface area contributed by atoms with E-state index in [2.05, 4.69) is 24.3 Å². The molecule has 0 aromatic heterocycles. The molecule has 0 fully saturated rings. The maximum absolute atomic E-state index is 14.3. The Bertz CT molecular complexity index is 907. The number of rotatable bonds is 6. The summed E-state index contributed by atoms with van der Waals surface area (Å²) in [4.78, 5) is 0. The van der Waals surface area contributed by atoms with Crippen molar-refractivity contribution in [3.05, 3.63) is 106 Å². The fourth-order valence-electron chi connectivity index (χ4n) is 3.02. The van der Waals surface area contributed by atoms with Crippen molar-refractivity contribution >= 4 is 0 Å². The van der Waals surface area contributed by atoms with E-state index < -0.39 is 17.5 Å². The molecule has 0 heterocycles. The van der Waals surface area contributed by atoms with Crippen molar-refractivity contribution < 1.29 is 17.6 Å². The van der Waals surface area contributed by atoms with Crippen LogP contribution < -0.4 is 0 Å². The Kier molecular flexibility index (Phi) is 5.94. The van der Waals surface area contributed by atoms with Crippen molar-refractivity contribution in [3.63, 3.8) is 0 Å². The van der Waals surface area contributed by atoms with Crippen LogP contribution in [0.1, 0.15) is 27.8 Å². The van der Waals surface area contributed by atoms with Crippen LogP contribution >= 0.6 is 0 Å². The second-order valence-corrected chi connectivity index (χ2v) is 6.78. The minimum atomic E-state index is -1.48. The van der Waals surface area contributed by atoms with Gasteiger partial charge in [0.25, 0.3) is 0 Å². The topological polar surface area (TPSA) is 0 Å². The number of benzene rings is 3. The van der Waals surface area contributed by atoms with Gasteiger partial charge in [0.1, 0.15) is 5.82 Å². The highest BCUT2D eigenvalue weighted by Crippen LogP contribution is 2.18. The minimum absolute atomic E-state index is 0.230. The zero-order valence-corrected chi connectivity index (χ0v) is 15.0. The third-order valence-corrected chi connectivity index (χ3v) is 4.67. The summed E-state index contributed by atoms with van der Waals surface area (Å²) in [6.07, 6.45) is 2.07. The molecule has 0 bridgehead atoms. The number of halogens is 4. The summed E-state index contributed by atoms with van der Waals surface area (Å²) >= 11 is 0. The Labute approximate surface area is 156 Å². The van der Waals surface area contributed by atoms with Gasteiger partial charge in [-0.15, -0.1) is 0 Å². The summed E-state index contributed by atoms with van der Waals surface area (Å²) in [7, 11) is 0. The van der Waals surface area contributed by atoms with Gasteiger partial charge in [0, 0.05) is 0 Å². The van der Waals surface area contributed by atoms with E-state index >= 15 is 0 Å². The van der Waals surface area contributed by atoms with E-state index in [0.717, 1.165) is 30.5 Å². The predicted octanol–water partition coefficient (Wildman–Crippen LogP) is 6.12. The van der Waals surface area contributed by atoms with Gasteiger partial charge >= 0.3 is 0 Å². The van der Waals surface area contributed by atoms with Crippen LogP contribution in [0.3, 0.4) is 0 Å². The van der Waals surface area contributed by atoms with E-state index in [1.54, 1.807) is 6.07 Å². The first-order valence-electron chi connectivity index (χ1n) is 8.88. The van der Waals surface area contributed by atoms with Crippen molar-refractivity contribution in [2.24, 2.45) is 0 Å². The van der Waals surface area contributed by atoms with Crippen LogP contribution in [0.4, 0.5) is 17.6 Å². The van der Waals surface area contributed by atoms with Crippen molar-refractivity contribution in [1.82, 2.24) is 0 Å². The lowest BCUT2D eigenvalue weighted by Gasteiger charge is -2.08. The zero-order valence-electron chi connectivity index (χ0n) is 15.0. The molecule has 0 aliphatic rings. The summed E-state index contributed by atoms with van der Waals surface area (Å²) in [6.45, 7) is 2.03. The van der Waals surface area contributed by atoms with E-state index in [9.17, 15) is 17.6 Å². The second kappa shape index (κ2) is 8.38. The van der Waals surface area contributed by atoms with Crippen molar-refractivity contribution in [2.45, 2.75) is 32.6 Å². The summed E-state index contributed by atoms with van der Waals surface area (Å²) < 4.78 is 53.8. The molecule has 3 rings (SSSR count). The molecule has 0 atom stereocenters. The molecule has 4 heteroatoms. The molecule has 0 spiro atoms. The normalized spacial score (nSPS) is 11.0. The fourth-order valence-corrected chi connectivity index (χ4v) is 3.02. The van der Waals surface area contributed by atoms with Gasteiger partial charge in [0.05, 0.1) is 0 Å². The summed E-state index contributed by atoms with van der Waals surface area (Å²) in [5.74, 6) is -4.27. The molecule has 3 aromatic carbocycles. The van der Waals surface area contributed by atoms with E-state index in [0.29, 0.717) is 11.1 Å². The van der Waals surface area contributed by atoms with Crippen LogP contribution in [0.15, 0.2) is 54.6 Å². The standard InChI is InChI=1S/C23H20F4/c1-15-2-4-16(5-3-15)6-7-17-8-10-19(20(24)12-17)11-9-18-13-21(25)23(27)22(26)14-18/h2-5,8,10,12-14H,6-7,9,11H2,1H3. The molecule has 0 aliphatic carbocycles. The monoisotopic (exact) mass is 372 g/mol. The van der Waals surface area contributed by atoms with Gasteiger partial charge in [0.15, 0.2) is 17.5 Å². The summed E-state index contributed by atoms with van der Waals surface area (Å²) in [5.41, 5.74) is 4.07. The molecule has 0 unspecified atom stereocenters. The molecule has 0 nitrogen and oxygen atoms in total. The minimum Gasteiger partial charge on any atom is -0.207 e. The van der Waals surface area contributed by atoms with Crippen LogP contribution in [0.5, 0.6) is 0 Å². The number of hydrogen-bond acceptors (Lipinski definition) is 0. The molecule has 0 radical (unpaired) electrons. The average Bonchev–Trinajstić information content (AvgIpc) is 2.65. The van der Waals surface area contributed by atoms with Crippen LogP contribution in [0.2, 0.25) is 0 Å². The molecule has 0 aliphatic heterocycles. The van der Waals surface area contributed by atoms with Crippen LogP contribution in [0, 0.1) is 30.2 Å². The molecule has 0 saturated heterocycles. The molecule has 0 saturated carbocycles. The van der Waals surface area contributed by atoms with Gasteiger partial charge in [-0.05, 0) is 73.1 Å². The Balaban J connectivity index is 1.62. The van der Waals surface area contributed by atoms with E-state index in [4.69, 9.17) is 0 Å². The molecular weight excluding hydrogens is 352 g/mol. The molecule has 0 N–H and O–H groups in total. The van der Waals surface area contributed by atoms with Crippen molar-refractivity contribution in [1.29, 1.82) is 0 Å². The van der Waals surface area contributed by atoms with Crippen molar-refractivity contribution in [2.75, 3.05) is 0 Å². The lowest BCUT2D eigenvalue weighted by atomic mass is 9.99. The van der Waals surface area contributed by atoms with E-state index in [1.807, 2.05) is 13.0 Å². The second-order valence-electron chi connectivity index (χ2n) is 6.78. The number of hydrogen-bond donors (Lipinski definition) is 0. The molecular formula is C23H20F4. The fraction of sp³-hybridized carbons (Fsp3) is 0.217. The van der Waals surface area contributed by atoms with Crippen LogP contribution in [-0.4, -0.2) is 0 Å². The lowest BCUT2D eigenvalue weighted by Crippen LogP contribution is -2.00. The first kappa shape index (κ1) is 19.2. The summed E-state index contributed by atoms with van der Waals surface area (Å²) in [6, 6.07) is 15.2. The zero-order chi connectivity index (χ0) is 19.4. The van der Waals surface area contributed by atoms with Crippen molar-refractivity contribution in [3.8, 4) is 0 Å². The predicted molar refractivity (Wildman–Crippen MR) is 98.7 cm³/mol. The van der Waals surface area contributed by atoms with Gasteiger partial charge in [-0.25, -0.2) is 17.6 Å². The quantitative estimate of drug-likeness (QED) is 0.361. The molecule has 27 heavy (non-hydrogen) atoms. The molecule has 3 aromatic rings. The largest absolute Gasteiger partial charge is 0.207 e. The third kappa shape index (κ3) is 4.97. The van der Waals surface area contributed by atoms with Crippen LogP contribution in [-0.2, 0) is 25.7 Å². The Morgan fingerprint density at radius 2 is 1.07 bits per heavy atom. The smallest absolute Gasteiger partial charge is 0.194 e. The van der Waals surface area contributed by atoms with E-state index in [-0.39, 0.29) is 18.7 Å². The Hall–Kier alpha value is -2.62. The molecule has 0 amide bonds. The third-order valence-electron chi connectivity index (χ3n) is 4.67. The highest BCUT2D eigenvalue weighted by molar-refractivity contribution is 5.28. The SMILES string of the molecule is Cc1ccc(CCc2ccc(CCc3cc(F)c(F)c(F)c3)c(F)c2)cc1. The summed E-state index contributed by atoms with van der Waals surface area (Å²) in [5, 5.41) is 0. The maximum Gasteiger partial charge on any atom is 0.194 e. The average molecular weight is 372 g/mol. The highest BCUT2D eigenvalue weighted by atomic mass is 19.2. The first-order chi connectivity index (χ1) is 12.9. The van der Waals surface area contributed by atoms with E-state index in [1.165, 1.54) is 17.2 Å². The van der Waals surface area contributed by atoms with Gasteiger partial charge in [0.2, 0.25) is 0 Å². The van der Waals surface area contributed by atoms with Gasteiger partial charge in [-0.2, -0.15) is 0 Å². The Morgan fingerprint density at radius 1 is 0.556 bits per heavy atom. The highest BCUT2D eigenvalue weighted by Gasteiger charge is 2.11.